The molecule has 0 aliphatic carbocycles. The molecule has 0 radical (unpaired) electrons. The van der Waals surface area contributed by atoms with Gasteiger partial charge in [-0.25, -0.2) is 4.98 Å². The Morgan fingerprint density at radius 2 is 1.86 bits per heavy atom. The molecule has 1 fully saturated rings. The average molecular weight is 472 g/mol. The van der Waals surface area contributed by atoms with Gasteiger partial charge in [-0.2, -0.15) is 0 Å². The first-order valence-electron chi connectivity index (χ1n) is 9.13. The monoisotopic (exact) mass is 470 g/mol. The predicted octanol–water partition coefficient (Wildman–Crippen LogP) is 6.40. The molecular weight excluding hydrogens is 454 g/mol. The zero-order valence-electron chi connectivity index (χ0n) is 15.3. The Kier molecular flexibility index (Phi) is 6.40. The van der Waals surface area contributed by atoms with Gasteiger partial charge in [0.25, 0.3) is 0 Å². The molecular formula is C21H18Cl4N2O2. The summed E-state index contributed by atoms with van der Waals surface area (Å²) in [4.78, 5) is 4.11. The predicted molar refractivity (Wildman–Crippen MR) is 116 cm³/mol. The van der Waals surface area contributed by atoms with Crippen molar-refractivity contribution in [2.75, 3.05) is 6.61 Å². The molecule has 8 heteroatoms. The number of rotatable bonds is 6. The standard InChI is InChI=1S/C21H18Cl4N2O2/c22-14-4-7-17(20(25)10-14)21(12-27-9-8-26-13-27)28-11-15(29-21)5-6-16-18(23)2-1-3-19(16)24/h1-4,7-10,13,15H,5-6,11-12H2. The summed E-state index contributed by atoms with van der Waals surface area (Å²) in [5.41, 5.74) is 1.65. The third kappa shape index (κ3) is 4.58. The van der Waals surface area contributed by atoms with Gasteiger partial charge >= 0.3 is 0 Å². The minimum absolute atomic E-state index is 0.141. The van der Waals surface area contributed by atoms with Crippen molar-refractivity contribution in [1.82, 2.24) is 9.55 Å². The lowest BCUT2D eigenvalue weighted by atomic mass is 10.0. The van der Waals surface area contributed by atoms with Gasteiger partial charge in [0.15, 0.2) is 0 Å². The van der Waals surface area contributed by atoms with Gasteiger partial charge in [-0.15, -0.1) is 0 Å². The van der Waals surface area contributed by atoms with Crippen molar-refractivity contribution < 1.29 is 9.47 Å². The van der Waals surface area contributed by atoms with Crippen LogP contribution >= 0.6 is 46.4 Å². The van der Waals surface area contributed by atoms with E-state index >= 15 is 0 Å². The molecule has 2 aromatic carbocycles. The third-order valence-electron chi connectivity index (χ3n) is 4.93. The van der Waals surface area contributed by atoms with Crippen molar-refractivity contribution >= 4 is 46.4 Å². The number of hydrogen-bond donors (Lipinski definition) is 0. The number of benzene rings is 2. The van der Waals surface area contributed by atoms with E-state index in [1.807, 2.05) is 35.0 Å². The highest BCUT2D eigenvalue weighted by Gasteiger charge is 2.44. The zero-order chi connectivity index (χ0) is 20.4. The summed E-state index contributed by atoms with van der Waals surface area (Å²) in [6, 6.07) is 10.8. The Morgan fingerprint density at radius 1 is 1.07 bits per heavy atom. The van der Waals surface area contributed by atoms with E-state index in [0.29, 0.717) is 46.1 Å². The lowest BCUT2D eigenvalue weighted by Gasteiger charge is -2.30. The summed E-state index contributed by atoms with van der Waals surface area (Å²) in [6.07, 6.45) is 6.54. The van der Waals surface area contributed by atoms with Crippen LogP contribution in [0.15, 0.2) is 55.1 Å². The molecule has 2 atom stereocenters. The lowest BCUT2D eigenvalue weighted by molar-refractivity contribution is -0.187. The summed E-state index contributed by atoms with van der Waals surface area (Å²) in [7, 11) is 0. The fraction of sp³-hybridized carbons (Fsp3) is 0.286. The molecule has 0 saturated carbocycles. The van der Waals surface area contributed by atoms with Gasteiger partial charge < -0.3 is 14.0 Å². The zero-order valence-corrected chi connectivity index (χ0v) is 18.3. The molecule has 4 rings (SSSR count). The van der Waals surface area contributed by atoms with Crippen molar-refractivity contribution in [3.05, 3.63) is 86.3 Å². The Balaban J connectivity index is 1.57. The fourth-order valence-electron chi connectivity index (χ4n) is 3.51. The molecule has 152 valence electrons. The minimum atomic E-state index is -1.03. The molecule has 2 heterocycles. The maximum Gasteiger partial charge on any atom is 0.215 e. The highest BCUT2D eigenvalue weighted by Crippen LogP contribution is 2.41. The second kappa shape index (κ2) is 8.84. The molecule has 0 amide bonds. The quantitative estimate of drug-likeness (QED) is 0.417. The first-order valence-corrected chi connectivity index (χ1v) is 10.6. The van der Waals surface area contributed by atoms with Crippen LogP contribution in [0.4, 0.5) is 0 Å². The number of halogens is 4. The molecule has 1 aliphatic rings. The smallest absolute Gasteiger partial charge is 0.215 e. The van der Waals surface area contributed by atoms with E-state index < -0.39 is 5.79 Å². The average Bonchev–Trinajstić information content (AvgIpc) is 3.32. The highest BCUT2D eigenvalue weighted by molar-refractivity contribution is 6.36. The van der Waals surface area contributed by atoms with Crippen LogP contribution in [-0.4, -0.2) is 22.3 Å². The van der Waals surface area contributed by atoms with E-state index in [9.17, 15) is 0 Å². The molecule has 0 bridgehead atoms. The number of imidazole rings is 1. The van der Waals surface area contributed by atoms with Crippen LogP contribution < -0.4 is 0 Å². The molecule has 4 nitrogen and oxygen atoms in total. The summed E-state index contributed by atoms with van der Waals surface area (Å²) in [6.45, 7) is 0.841. The summed E-state index contributed by atoms with van der Waals surface area (Å²) < 4.78 is 14.6. The van der Waals surface area contributed by atoms with E-state index in [0.717, 1.165) is 11.1 Å². The van der Waals surface area contributed by atoms with Crippen LogP contribution in [0.5, 0.6) is 0 Å². The Bertz CT molecular complexity index is 976. The van der Waals surface area contributed by atoms with E-state index in [4.69, 9.17) is 55.9 Å². The maximum absolute atomic E-state index is 6.50. The largest absolute Gasteiger partial charge is 0.342 e. The van der Waals surface area contributed by atoms with Gasteiger partial charge in [-0.1, -0.05) is 58.5 Å². The van der Waals surface area contributed by atoms with E-state index in [1.54, 1.807) is 24.7 Å². The maximum atomic E-state index is 6.50. The Labute approximate surface area is 189 Å². The highest BCUT2D eigenvalue weighted by atomic mass is 35.5. The van der Waals surface area contributed by atoms with Crippen LogP contribution in [-0.2, 0) is 28.2 Å². The summed E-state index contributed by atoms with van der Waals surface area (Å²) in [5.74, 6) is -1.03. The van der Waals surface area contributed by atoms with Crippen LogP contribution in [0.25, 0.3) is 0 Å². The number of aromatic nitrogens is 2. The Morgan fingerprint density at radius 3 is 2.55 bits per heavy atom. The second-order valence-electron chi connectivity index (χ2n) is 6.90. The molecule has 1 aliphatic heterocycles. The van der Waals surface area contributed by atoms with E-state index in [-0.39, 0.29) is 6.10 Å². The first kappa shape index (κ1) is 21.0. The van der Waals surface area contributed by atoms with Crippen LogP contribution in [0.1, 0.15) is 17.5 Å². The number of nitrogens with zero attached hydrogens (tertiary/aromatic N) is 2. The summed E-state index contributed by atoms with van der Waals surface area (Å²) in [5, 5.41) is 2.36. The number of hydrogen-bond acceptors (Lipinski definition) is 3. The minimum Gasteiger partial charge on any atom is -0.342 e. The van der Waals surface area contributed by atoms with Crippen LogP contribution in [0, 0.1) is 0 Å². The molecule has 0 N–H and O–H groups in total. The number of ether oxygens (including phenoxy) is 2. The van der Waals surface area contributed by atoms with Crippen LogP contribution in [0.3, 0.4) is 0 Å². The van der Waals surface area contributed by atoms with Crippen molar-refractivity contribution in [1.29, 1.82) is 0 Å². The van der Waals surface area contributed by atoms with Crippen molar-refractivity contribution in [2.45, 2.75) is 31.3 Å². The first-order chi connectivity index (χ1) is 14.0. The lowest BCUT2D eigenvalue weighted by Crippen LogP contribution is -2.33. The molecule has 1 saturated heterocycles. The topological polar surface area (TPSA) is 36.3 Å². The molecule has 0 spiro atoms. The van der Waals surface area contributed by atoms with Gasteiger partial charge in [-0.05, 0) is 42.7 Å². The normalized spacial score (nSPS) is 21.6. The van der Waals surface area contributed by atoms with Gasteiger partial charge in [0, 0.05) is 33.0 Å². The van der Waals surface area contributed by atoms with E-state index in [1.165, 1.54) is 0 Å². The van der Waals surface area contributed by atoms with Gasteiger partial charge in [0.1, 0.15) is 0 Å². The second-order valence-corrected chi connectivity index (χ2v) is 8.56. The van der Waals surface area contributed by atoms with Crippen molar-refractivity contribution in [3.8, 4) is 0 Å². The van der Waals surface area contributed by atoms with Crippen LogP contribution in [0.2, 0.25) is 20.1 Å². The SMILES string of the molecule is Clc1ccc(C2(Cn3ccnc3)OCC(CCc3c(Cl)cccc3Cl)O2)c(Cl)c1. The molecule has 3 aromatic rings. The molecule has 1 aromatic heterocycles. The fourth-order valence-corrected chi connectivity index (χ4v) is 4.65. The summed E-state index contributed by atoms with van der Waals surface area (Å²) >= 11 is 25.2. The van der Waals surface area contributed by atoms with Crippen molar-refractivity contribution in [2.24, 2.45) is 0 Å². The van der Waals surface area contributed by atoms with E-state index in [2.05, 4.69) is 4.98 Å². The molecule has 29 heavy (non-hydrogen) atoms. The third-order valence-corrected chi connectivity index (χ3v) is 6.18. The Hall–Kier alpha value is -1.27. The molecule has 2 unspecified atom stereocenters. The van der Waals surface area contributed by atoms with Gasteiger partial charge in [0.05, 0.1) is 30.6 Å². The van der Waals surface area contributed by atoms with Crippen molar-refractivity contribution in [3.63, 3.8) is 0 Å². The van der Waals surface area contributed by atoms with Gasteiger partial charge in [-0.3, -0.25) is 0 Å². The van der Waals surface area contributed by atoms with Gasteiger partial charge in [0.2, 0.25) is 5.79 Å².